The lowest BCUT2D eigenvalue weighted by Crippen LogP contribution is -2.32. The number of nitrogens with zero attached hydrogens (tertiary/aromatic N) is 3. The lowest BCUT2D eigenvalue weighted by molar-refractivity contribution is 0.175. The Morgan fingerprint density at radius 3 is 2.65 bits per heavy atom. The van der Waals surface area contributed by atoms with Gasteiger partial charge in [0, 0.05) is 17.5 Å². The van der Waals surface area contributed by atoms with E-state index >= 15 is 0 Å². The highest BCUT2D eigenvalue weighted by atomic mass is 35.5. The average Bonchev–Trinajstić information content (AvgIpc) is 2.97. The summed E-state index contributed by atoms with van der Waals surface area (Å²) in [7, 11) is 0. The van der Waals surface area contributed by atoms with E-state index in [0.29, 0.717) is 17.3 Å². The molecule has 0 aliphatic heterocycles. The Morgan fingerprint density at radius 2 is 2.00 bits per heavy atom. The Bertz CT molecular complexity index is 671. The van der Waals surface area contributed by atoms with E-state index in [2.05, 4.69) is 49.1 Å². The lowest BCUT2D eigenvalue weighted by Gasteiger charge is -2.41. The van der Waals surface area contributed by atoms with Gasteiger partial charge in [0.2, 0.25) is 0 Å². The summed E-state index contributed by atoms with van der Waals surface area (Å²) >= 11 is 6.00. The van der Waals surface area contributed by atoms with Crippen LogP contribution in [0.1, 0.15) is 39.2 Å². The Balaban J connectivity index is 1.91. The Kier molecular flexibility index (Phi) is 4.58. The van der Waals surface area contributed by atoms with Crippen molar-refractivity contribution < 1.29 is 0 Å². The van der Waals surface area contributed by atoms with E-state index in [0.717, 1.165) is 11.6 Å². The maximum absolute atomic E-state index is 6.00. The van der Waals surface area contributed by atoms with Crippen LogP contribution < -0.4 is 0 Å². The van der Waals surface area contributed by atoms with Crippen LogP contribution in [0.15, 0.2) is 42.5 Å². The number of hydrogen-bond donors (Lipinski definition) is 0. The van der Waals surface area contributed by atoms with Crippen LogP contribution in [0.2, 0.25) is 5.02 Å². The molecule has 3 nitrogen and oxygen atoms in total. The smallest absolute Gasteiger partial charge is 0.137 e. The second-order valence-electron chi connectivity index (χ2n) is 7.48. The normalized spacial score (nSPS) is 25.7. The van der Waals surface area contributed by atoms with E-state index in [4.69, 9.17) is 11.6 Å². The monoisotopic (exact) mass is 329 g/mol. The zero-order chi connectivity index (χ0) is 16.4. The number of aromatic nitrogens is 3. The predicted molar refractivity (Wildman–Crippen MR) is 95.1 cm³/mol. The van der Waals surface area contributed by atoms with Crippen molar-refractivity contribution in [3.05, 3.63) is 53.1 Å². The van der Waals surface area contributed by atoms with Crippen LogP contribution in [0.25, 0.3) is 6.08 Å². The molecule has 0 saturated heterocycles. The molecule has 0 bridgehead atoms. The first-order valence-corrected chi connectivity index (χ1v) is 8.60. The molecule has 1 heterocycles. The van der Waals surface area contributed by atoms with E-state index < -0.39 is 0 Å². The van der Waals surface area contributed by atoms with Gasteiger partial charge in [-0.3, -0.25) is 4.68 Å². The zero-order valence-electron chi connectivity index (χ0n) is 14.0. The van der Waals surface area contributed by atoms with Crippen LogP contribution in [0.4, 0.5) is 0 Å². The molecule has 1 aliphatic rings. The van der Waals surface area contributed by atoms with Crippen molar-refractivity contribution >= 4 is 17.7 Å². The van der Waals surface area contributed by atoms with Gasteiger partial charge in [-0.25, -0.2) is 4.98 Å². The molecule has 1 aliphatic carbocycles. The molecular formula is C19H24ClN3. The van der Waals surface area contributed by atoms with Crippen molar-refractivity contribution in [2.75, 3.05) is 0 Å². The zero-order valence-corrected chi connectivity index (χ0v) is 14.8. The third-order valence-corrected chi connectivity index (χ3v) is 5.03. The van der Waals surface area contributed by atoms with E-state index in [1.165, 1.54) is 24.0 Å². The quantitative estimate of drug-likeness (QED) is 0.785. The van der Waals surface area contributed by atoms with E-state index in [9.17, 15) is 0 Å². The fourth-order valence-corrected chi connectivity index (χ4v) is 4.08. The summed E-state index contributed by atoms with van der Waals surface area (Å²) in [5.41, 5.74) is 3.10. The molecule has 0 radical (unpaired) electrons. The standard InChI is InChI=1S/C19H24ClN3/c1-14-9-19(2,3)10-16(11-23-13-21-12-22-23)18(14)8-15-4-6-17(20)7-5-15/h4-8,12-14,16H,9-11H2,1-3H3. The molecule has 2 unspecified atom stereocenters. The fourth-order valence-electron chi connectivity index (χ4n) is 3.95. The van der Waals surface area contributed by atoms with Crippen LogP contribution in [0.3, 0.4) is 0 Å². The second kappa shape index (κ2) is 6.48. The summed E-state index contributed by atoms with van der Waals surface area (Å²) in [6.07, 6.45) is 8.17. The minimum absolute atomic E-state index is 0.363. The van der Waals surface area contributed by atoms with Crippen LogP contribution >= 0.6 is 11.6 Å². The maximum Gasteiger partial charge on any atom is 0.137 e. The predicted octanol–water partition coefficient (Wildman–Crippen LogP) is 5.09. The summed E-state index contributed by atoms with van der Waals surface area (Å²) < 4.78 is 1.95. The highest BCUT2D eigenvalue weighted by Crippen LogP contribution is 2.46. The van der Waals surface area contributed by atoms with Gasteiger partial charge < -0.3 is 0 Å². The molecule has 0 amide bonds. The first-order chi connectivity index (χ1) is 10.9. The van der Waals surface area contributed by atoms with Crippen LogP contribution in [0.5, 0.6) is 0 Å². The van der Waals surface area contributed by atoms with Crippen molar-refractivity contribution in [2.24, 2.45) is 17.3 Å². The van der Waals surface area contributed by atoms with Gasteiger partial charge in [-0.2, -0.15) is 5.10 Å². The fraction of sp³-hybridized carbons (Fsp3) is 0.474. The summed E-state index contributed by atoms with van der Waals surface area (Å²) in [6, 6.07) is 8.10. The number of allylic oxidation sites excluding steroid dienone is 1. The van der Waals surface area contributed by atoms with Gasteiger partial charge in [0.1, 0.15) is 12.7 Å². The van der Waals surface area contributed by atoms with Crippen molar-refractivity contribution in [1.82, 2.24) is 14.8 Å². The number of benzene rings is 1. The maximum atomic E-state index is 6.00. The number of rotatable bonds is 3. The summed E-state index contributed by atoms with van der Waals surface area (Å²) in [5, 5.41) is 5.08. The Morgan fingerprint density at radius 1 is 1.26 bits per heavy atom. The molecule has 2 aromatic rings. The van der Waals surface area contributed by atoms with E-state index in [1.54, 1.807) is 6.33 Å². The first kappa shape index (κ1) is 16.3. The molecule has 1 fully saturated rings. The van der Waals surface area contributed by atoms with Gasteiger partial charge in [0.15, 0.2) is 0 Å². The molecule has 1 aromatic heterocycles. The van der Waals surface area contributed by atoms with E-state index in [1.807, 2.05) is 23.1 Å². The summed E-state index contributed by atoms with van der Waals surface area (Å²) in [6.45, 7) is 7.98. The van der Waals surface area contributed by atoms with Crippen LogP contribution in [0, 0.1) is 17.3 Å². The molecule has 3 rings (SSSR count). The van der Waals surface area contributed by atoms with E-state index in [-0.39, 0.29) is 0 Å². The topological polar surface area (TPSA) is 30.7 Å². The number of hydrogen-bond acceptors (Lipinski definition) is 2. The second-order valence-corrected chi connectivity index (χ2v) is 7.92. The third-order valence-electron chi connectivity index (χ3n) is 4.78. The van der Waals surface area contributed by atoms with Crippen LogP contribution in [-0.2, 0) is 6.54 Å². The van der Waals surface area contributed by atoms with Gasteiger partial charge >= 0.3 is 0 Å². The lowest BCUT2D eigenvalue weighted by atomic mass is 9.65. The molecule has 2 atom stereocenters. The SMILES string of the molecule is CC1CC(C)(C)CC(Cn2cncn2)C1=Cc1ccc(Cl)cc1. The highest BCUT2D eigenvalue weighted by molar-refractivity contribution is 6.30. The van der Waals surface area contributed by atoms with Gasteiger partial charge in [0.05, 0.1) is 0 Å². The van der Waals surface area contributed by atoms with Gasteiger partial charge in [-0.05, 0) is 41.9 Å². The van der Waals surface area contributed by atoms with Crippen molar-refractivity contribution in [1.29, 1.82) is 0 Å². The molecular weight excluding hydrogens is 306 g/mol. The van der Waals surface area contributed by atoms with Gasteiger partial charge in [0.25, 0.3) is 0 Å². The van der Waals surface area contributed by atoms with Crippen molar-refractivity contribution in [3.63, 3.8) is 0 Å². The Labute approximate surface area is 143 Å². The first-order valence-electron chi connectivity index (χ1n) is 8.22. The molecule has 1 saturated carbocycles. The Hall–Kier alpha value is -1.61. The molecule has 1 aromatic carbocycles. The highest BCUT2D eigenvalue weighted by Gasteiger charge is 2.35. The molecule has 122 valence electrons. The molecule has 0 spiro atoms. The van der Waals surface area contributed by atoms with Crippen molar-refractivity contribution in [3.8, 4) is 0 Å². The minimum Gasteiger partial charge on any atom is -0.252 e. The molecule has 4 heteroatoms. The van der Waals surface area contributed by atoms with Gasteiger partial charge in [-0.1, -0.05) is 56.2 Å². The molecule has 0 N–H and O–H groups in total. The largest absolute Gasteiger partial charge is 0.252 e. The summed E-state index contributed by atoms with van der Waals surface area (Å²) in [4.78, 5) is 4.08. The van der Waals surface area contributed by atoms with Gasteiger partial charge in [-0.15, -0.1) is 0 Å². The minimum atomic E-state index is 0.363. The van der Waals surface area contributed by atoms with Crippen molar-refractivity contribution in [2.45, 2.75) is 40.2 Å². The summed E-state index contributed by atoms with van der Waals surface area (Å²) in [5.74, 6) is 1.06. The van der Waals surface area contributed by atoms with Crippen LogP contribution in [-0.4, -0.2) is 14.8 Å². The molecule has 23 heavy (non-hydrogen) atoms. The third kappa shape index (κ3) is 4.03. The average molecular weight is 330 g/mol. The number of halogens is 1.